The fourth-order valence-electron chi connectivity index (χ4n) is 4.85. The van der Waals surface area contributed by atoms with Crippen molar-refractivity contribution in [1.29, 1.82) is 0 Å². The molecule has 2 aliphatic heterocycles. The molecule has 3 rings (SSSR count). The van der Waals surface area contributed by atoms with Crippen LogP contribution in [0.1, 0.15) is 84.5 Å². The second-order valence-electron chi connectivity index (χ2n) is 8.77. The Bertz CT molecular complexity index is 433. The highest BCUT2D eigenvalue weighted by Gasteiger charge is 2.48. The van der Waals surface area contributed by atoms with Gasteiger partial charge in [0.25, 0.3) is 0 Å². The van der Waals surface area contributed by atoms with E-state index in [4.69, 9.17) is 10.5 Å². The number of ether oxygens (including phenoxy) is 1. The highest BCUT2D eigenvalue weighted by molar-refractivity contribution is 5.73. The van der Waals surface area contributed by atoms with Crippen molar-refractivity contribution in [2.24, 2.45) is 11.7 Å². The maximum atomic E-state index is 11.6. The first kappa shape index (κ1) is 17.1. The molecule has 0 radical (unpaired) electrons. The number of nitrogens with zero attached hydrogens (tertiary/aromatic N) is 1. The first-order valence-corrected chi connectivity index (χ1v) is 9.65. The molecule has 2 atom stereocenters. The van der Waals surface area contributed by atoms with Crippen molar-refractivity contribution in [3.05, 3.63) is 0 Å². The minimum Gasteiger partial charge on any atom is -0.372 e. The third-order valence-electron chi connectivity index (χ3n) is 6.20. The molecule has 3 aliphatic rings. The van der Waals surface area contributed by atoms with Crippen LogP contribution in [0.25, 0.3) is 0 Å². The quantitative estimate of drug-likeness (QED) is 0.771. The van der Waals surface area contributed by atoms with Gasteiger partial charge in [0.2, 0.25) is 0 Å². The van der Waals surface area contributed by atoms with Gasteiger partial charge in [0.15, 0.2) is 0 Å². The van der Waals surface area contributed by atoms with E-state index >= 15 is 0 Å². The predicted molar refractivity (Wildman–Crippen MR) is 92.2 cm³/mol. The summed E-state index contributed by atoms with van der Waals surface area (Å²) >= 11 is 0. The zero-order valence-electron chi connectivity index (χ0n) is 15.0. The Labute approximate surface area is 141 Å². The lowest BCUT2D eigenvalue weighted by Gasteiger charge is -2.53. The molecule has 1 spiro atoms. The van der Waals surface area contributed by atoms with Gasteiger partial charge in [-0.25, -0.2) is 4.79 Å². The van der Waals surface area contributed by atoms with Gasteiger partial charge in [-0.2, -0.15) is 0 Å². The summed E-state index contributed by atoms with van der Waals surface area (Å²) in [7, 11) is 0. The van der Waals surface area contributed by atoms with E-state index in [-0.39, 0.29) is 17.2 Å². The fraction of sp³-hybridized carbons (Fsp3) is 0.947. The molecule has 23 heavy (non-hydrogen) atoms. The van der Waals surface area contributed by atoms with E-state index in [1.165, 1.54) is 51.4 Å². The molecule has 1 aliphatic carbocycles. The molecule has 132 valence electrons. The topological polar surface area (TPSA) is 55.6 Å². The Balaban J connectivity index is 1.51. The zero-order chi connectivity index (χ0) is 16.5. The van der Waals surface area contributed by atoms with Crippen molar-refractivity contribution in [3.63, 3.8) is 0 Å². The molecular formula is C19H34N2O2. The minimum absolute atomic E-state index is 0.0190. The molecule has 2 heterocycles. The lowest BCUT2D eigenvalue weighted by atomic mass is 9.75. The molecule has 0 aromatic carbocycles. The van der Waals surface area contributed by atoms with Gasteiger partial charge in [-0.3, -0.25) is 0 Å². The molecule has 2 amide bonds. The summed E-state index contributed by atoms with van der Waals surface area (Å²) in [4.78, 5) is 13.5. The summed E-state index contributed by atoms with van der Waals surface area (Å²) in [6.45, 7) is 4.99. The van der Waals surface area contributed by atoms with E-state index < -0.39 is 0 Å². The minimum atomic E-state index is -0.294. The number of amides is 2. The van der Waals surface area contributed by atoms with Crippen LogP contribution in [-0.4, -0.2) is 34.7 Å². The summed E-state index contributed by atoms with van der Waals surface area (Å²) in [5.41, 5.74) is 5.33. The highest BCUT2D eigenvalue weighted by Crippen LogP contribution is 2.44. The number of piperidine rings is 1. The average molecular weight is 322 g/mol. The Morgan fingerprint density at radius 3 is 2.57 bits per heavy atom. The molecule has 2 N–H and O–H groups in total. The predicted octanol–water partition coefficient (Wildman–Crippen LogP) is 4.22. The van der Waals surface area contributed by atoms with Gasteiger partial charge in [-0.1, -0.05) is 32.1 Å². The van der Waals surface area contributed by atoms with Crippen LogP contribution in [0, 0.1) is 5.92 Å². The summed E-state index contributed by atoms with van der Waals surface area (Å²) < 4.78 is 6.62. The number of hydrogen-bond acceptors (Lipinski definition) is 2. The lowest BCUT2D eigenvalue weighted by Crippen LogP contribution is -2.61. The second-order valence-corrected chi connectivity index (χ2v) is 8.77. The number of hydrogen-bond donors (Lipinski definition) is 1. The Morgan fingerprint density at radius 1 is 1.17 bits per heavy atom. The number of likely N-dealkylation sites (tertiary alicyclic amines) is 1. The number of rotatable bonds is 5. The highest BCUT2D eigenvalue weighted by atomic mass is 16.5. The third kappa shape index (κ3) is 4.20. The molecule has 0 aromatic heterocycles. The third-order valence-corrected chi connectivity index (χ3v) is 6.20. The molecule has 0 aromatic rings. The molecule has 2 unspecified atom stereocenters. The normalized spacial score (nSPS) is 33.8. The van der Waals surface area contributed by atoms with Crippen LogP contribution < -0.4 is 5.73 Å². The monoisotopic (exact) mass is 322 g/mol. The molecule has 4 nitrogen and oxygen atoms in total. The van der Waals surface area contributed by atoms with Gasteiger partial charge in [0.05, 0.1) is 11.7 Å². The first-order chi connectivity index (χ1) is 10.9. The summed E-state index contributed by atoms with van der Waals surface area (Å²) in [6.07, 6.45) is 14.2. The Morgan fingerprint density at radius 2 is 1.91 bits per heavy atom. The number of carbonyl (C=O) groups excluding carboxylic acids is 1. The zero-order valence-corrected chi connectivity index (χ0v) is 15.0. The van der Waals surface area contributed by atoms with Crippen LogP contribution in [0.2, 0.25) is 0 Å². The fourth-order valence-corrected chi connectivity index (χ4v) is 4.85. The van der Waals surface area contributed by atoms with Gasteiger partial charge < -0.3 is 15.4 Å². The van der Waals surface area contributed by atoms with Crippen LogP contribution in [0.15, 0.2) is 0 Å². The smallest absolute Gasteiger partial charge is 0.315 e. The molecular weight excluding hydrogens is 288 g/mol. The Hall–Kier alpha value is -0.770. The molecule has 3 fully saturated rings. The van der Waals surface area contributed by atoms with E-state index in [0.29, 0.717) is 6.10 Å². The maximum absolute atomic E-state index is 11.6. The lowest BCUT2D eigenvalue weighted by molar-refractivity contribution is -0.170. The van der Waals surface area contributed by atoms with Crippen molar-refractivity contribution in [2.75, 3.05) is 6.54 Å². The summed E-state index contributed by atoms with van der Waals surface area (Å²) in [5, 5.41) is 0. The summed E-state index contributed by atoms with van der Waals surface area (Å²) in [5.74, 6) is 1.05. The van der Waals surface area contributed by atoms with Gasteiger partial charge in [0.1, 0.15) is 0 Å². The average Bonchev–Trinajstić information content (AvgIpc) is 3.26. The van der Waals surface area contributed by atoms with Gasteiger partial charge in [0, 0.05) is 12.1 Å². The van der Waals surface area contributed by atoms with Gasteiger partial charge in [-0.05, 0) is 58.3 Å². The van der Waals surface area contributed by atoms with Crippen LogP contribution in [0.5, 0.6) is 0 Å². The van der Waals surface area contributed by atoms with E-state index in [9.17, 15) is 4.79 Å². The van der Waals surface area contributed by atoms with Crippen molar-refractivity contribution >= 4 is 6.03 Å². The molecule has 4 heteroatoms. The molecule has 0 bridgehead atoms. The number of nitrogens with two attached hydrogens (primary N) is 1. The van der Waals surface area contributed by atoms with E-state index in [1.54, 1.807) is 0 Å². The second kappa shape index (κ2) is 6.62. The van der Waals surface area contributed by atoms with E-state index in [1.807, 2.05) is 4.90 Å². The van der Waals surface area contributed by atoms with E-state index in [2.05, 4.69) is 13.8 Å². The van der Waals surface area contributed by atoms with Crippen LogP contribution in [-0.2, 0) is 4.74 Å². The van der Waals surface area contributed by atoms with Gasteiger partial charge >= 0.3 is 6.03 Å². The van der Waals surface area contributed by atoms with Gasteiger partial charge in [-0.15, -0.1) is 0 Å². The summed E-state index contributed by atoms with van der Waals surface area (Å²) in [6, 6.07) is -0.294. The van der Waals surface area contributed by atoms with Crippen molar-refractivity contribution < 1.29 is 9.53 Å². The van der Waals surface area contributed by atoms with Crippen LogP contribution >= 0.6 is 0 Å². The number of carbonyl (C=O) groups is 1. The molecule has 1 saturated carbocycles. The largest absolute Gasteiger partial charge is 0.372 e. The number of unbranched alkanes of at least 4 members (excludes halogenated alkanes) is 1. The molecule has 2 saturated heterocycles. The maximum Gasteiger partial charge on any atom is 0.315 e. The SMILES string of the molecule is CC1(C)CC2(CCCC(CCCCC3CC3)O2)CCN1C(N)=O. The van der Waals surface area contributed by atoms with Crippen molar-refractivity contribution in [3.8, 4) is 0 Å². The van der Waals surface area contributed by atoms with E-state index in [0.717, 1.165) is 31.7 Å². The van der Waals surface area contributed by atoms with Crippen molar-refractivity contribution in [1.82, 2.24) is 4.90 Å². The first-order valence-electron chi connectivity index (χ1n) is 9.65. The number of primary amides is 1. The van der Waals surface area contributed by atoms with Crippen LogP contribution in [0.4, 0.5) is 4.79 Å². The van der Waals surface area contributed by atoms with Crippen molar-refractivity contribution in [2.45, 2.75) is 102 Å². The standard InChI is InChI=1S/C19H34N2O2/c1-18(2)14-19(12-13-21(18)17(20)22)11-5-8-16(23-19)7-4-3-6-15-9-10-15/h15-16H,3-14H2,1-2H3,(H2,20,22). The van der Waals surface area contributed by atoms with Crippen LogP contribution in [0.3, 0.4) is 0 Å². The number of urea groups is 1. The Kier molecular flexibility index (Phi) is 4.91.